The predicted octanol–water partition coefficient (Wildman–Crippen LogP) is -0.658. The molecule has 3 N–H and O–H groups in total. The van der Waals surface area contributed by atoms with Crippen LogP contribution in [0.1, 0.15) is 6.42 Å². The molecule has 74 valence electrons. The third kappa shape index (κ3) is 1.34. The molecule has 1 aliphatic heterocycles. The van der Waals surface area contributed by atoms with E-state index in [0.29, 0.717) is 11.8 Å². The highest BCUT2D eigenvalue weighted by Crippen LogP contribution is 2.38. The molecule has 2 bridgehead atoms. The van der Waals surface area contributed by atoms with Crippen LogP contribution in [0.15, 0.2) is 0 Å². The smallest absolute Gasteiger partial charge is 0.310 e. The molecule has 2 aliphatic rings. The molecule has 2 rings (SSSR count). The Morgan fingerprint density at radius 3 is 2.77 bits per heavy atom. The molecule has 1 saturated carbocycles. The van der Waals surface area contributed by atoms with Gasteiger partial charge in [-0.1, -0.05) is 0 Å². The van der Waals surface area contributed by atoms with Gasteiger partial charge in [0.25, 0.3) is 0 Å². The van der Waals surface area contributed by atoms with E-state index in [-0.39, 0.29) is 17.9 Å². The standard InChI is InChI=1S/C9H16N2O2/c1-13-9(12)7-5-2-6(8(7)10)4-11-3-5/h5-8,11H,2-4,10H2,1H3/t5-,6+,7-,8+/m0/s1. The molecule has 4 nitrogen and oxygen atoms in total. The van der Waals surface area contributed by atoms with Crippen LogP contribution in [0.4, 0.5) is 0 Å². The van der Waals surface area contributed by atoms with Gasteiger partial charge in [0, 0.05) is 6.04 Å². The summed E-state index contributed by atoms with van der Waals surface area (Å²) in [4.78, 5) is 11.4. The van der Waals surface area contributed by atoms with Gasteiger partial charge < -0.3 is 15.8 Å². The second kappa shape index (κ2) is 3.27. The number of carbonyl (C=O) groups excluding carboxylic acids is 1. The predicted molar refractivity (Wildman–Crippen MR) is 47.9 cm³/mol. The van der Waals surface area contributed by atoms with E-state index < -0.39 is 0 Å². The summed E-state index contributed by atoms with van der Waals surface area (Å²) < 4.78 is 4.77. The van der Waals surface area contributed by atoms with Gasteiger partial charge >= 0.3 is 5.97 Å². The molecule has 0 unspecified atom stereocenters. The lowest BCUT2D eigenvalue weighted by molar-refractivity contribution is -0.147. The van der Waals surface area contributed by atoms with Crippen LogP contribution in [0.3, 0.4) is 0 Å². The van der Waals surface area contributed by atoms with E-state index in [9.17, 15) is 4.79 Å². The van der Waals surface area contributed by atoms with E-state index in [2.05, 4.69) is 5.32 Å². The summed E-state index contributed by atoms with van der Waals surface area (Å²) >= 11 is 0. The number of carbonyl (C=O) groups is 1. The maximum Gasteiger partial charge on any atom is 0.310 e. The molecule has 0 aromatic heterocycles. The first kappa shape index (κ1) is 8.97. The maximum atomic E-state index is 11.4. The van der Waals surface area contributed by atoms with Gasteiger partial charge in [0.2, 0.25) is 0 Å². The number of rotatable bonds is 1. The van der Waals surface area contributed by atoms with Crippen LogP contribution >= 0.6 is 0 Å². The number of nitrogens with one attached hydrogen (secondary N) is 1. The van der Waals surface area contributed by atoms with E-state index in [1.54, 1.807) is 0 Å². The first-order valence-corrected chi connectivity index (χ1v) is 4.78. The Morgan fingerprint density at radius 2 is 2.15 bits per heavy atom. The zero-order chi connectivity index (χ0) is 9.42. The minimum atomic E-state index is -0.135. The number of hydrogen-bond acceptors (Lipinski definition) is 4. The highest BCUT2D eigenvalue weighted by atomic mass is 16.5. The minimum Gasteiger partial charge on any atom is -0.469 e. The first-order chi connectivity index (χ1) is 6.24. The van der Waals surface area contributed by atoms with Crippen LogP contribution in [0.2, 0.25) is 0 Å². The fourth-order valence-corrected chi connectivity index (χ4v) is 2.67. The van der Waals surface area contributed by atoms with Crippen molar-refractivity contribution in [1.82, 2.24) is 5.32 Å². The van der Waals surface area contributed by atoms with Crippen molar-refractivity contribution in [3.8, 4) is 0 Å². The molecule has 2 fully saturated rings. The average molecular weight is 184 g/mol. The molecule has 0 aromatic carbocycles. The topological polar surface area (TPSA) is 64.3 Å². The number of ether oxygens (including phenoxy) is 1. The highest BCUT2D eigenvalue weighted by Gasteiger charge is 2.47. The number of fused-ring (bicyclic) bond motifs is 2. The second-order valence-corrected chi connectivity index (χ2v) is 4.04. The highest BCUT2D eigenvalue weighted by molar-refractivity contribution is 5.74. The van der Waals surface area contributed by atoms with Crippen LogP contribution in [0.25, 0.3) is 0 Å². The summed E-state index contributed by atoms with van der Waals surface area (Å²) in [6.45, 7) is 1.86. The molecular weight excluding hydrogens is 168 g/mol. The summed E-state index contributed by atoms with van der Waals surface area (Å²) in [5.74, 6) is 0.637. The molecule has 4 heteroatoms. The van der Waals surface area contributed by atoms with E-state index in [1.165, 1.54) is 7.11 Å². The van der Waals surface area contributed by atoms with Gasteiger partial charge in [-0.05, 0) is 31.3 Å². The molecule has 1 aliphatic carbocycles. The van der Waals surface area contributed by atoms with Crippen LogP contribution < -0.4 is 11.1 Å². The van der Waals surface area contributed by atoms with Crippen molar-refractivity contribution in [3.05, 3.63) is 0 Å². The van der Waals surface area contributed by atoms with Crippen molar-refractivity contribution < 1.29 is 9.53 Å². The molecule has 0 radical (unpaired) electrons. The van der Waals surface area contributed by atoms with Gasteiger partial charge in [0.1, 0.15) is 0 Å². The van der Waals surface area contributed by atoms with Crippen LogP contribution in [-0.2, 0) is 9.53 Å². The van der Waals surface area contributed by atoms with Crippen molar-refractivity contribution >= 4 is 5.97 Å². The fourth-order valence-electron chi connectivity index (χ4n) is 2.67. The number of methoxy groups -OCH3 is 1. The molecule has 0 amide bonds. The fraction of sp³-hybridized carbons (Fsp3) is 0.889. The Balaban J connectivity index is 2.14. The largest absolute Gasteiger partial charge is 0.469 e. The molecule has 1 saturated heterocycles. The van der Waals surface area contributed by atoms with Crippen LogP contribution in [-0.4, -0.2) is 32.2 Å². The Morgan fingerprint density at radius 1 is 1.46 bits per heavy atom. The van der Waals surface area contributed by atoms with E-state index in [1.807, 2.05) is 0 Å². The normalized spacial score (nSPS) is 43.2. The molecule has 4 atom stereocenters. The number of nitrogens with two attached hydrogens (primary N) is 1. The zero-order valence-corrected chi connectivity index (χ0v) is 7.82. The van der Waals surface area contributed by atoms with Crippen molar-refractivity contribution in [2.24, 2.45) is 23.5 Å². The van der Waals surface area contributed by atoms with Crippen LogP contribution in [0, 0.1) is 17.8 Å². The summed E-state index contributed by atoms with van der Waals surface area (Å²) in [6.07, 6.45) is 1.08. The summed E-state index contributed by atoms with van der Waals surface area (Å²) in [5, 5.41) is 3.30. The Bertz CT molecular complexity index is 218. The van der Waals surface area contributed by atoms with Crippen molar-refractivity contribution in [1.29, 1.82) is 0 Å². The number of hydrogen-bond donors (Lipinski definition) is 2. The zero-order valence-electron chi connectivity index (χ0n) is 7.82. The van der Waals surface area contributed by atoms with Gasteiger partial charge in [-0.2, -0.15) is 0 Å². The van der Waals surface area contributed by atoms with Crippen LogP contribution in [0.5, 0.6) is 0 Å². The first-order valence-electron chi connectivity index (χ1n) is 4.78. The van der Waals surface area contributed by atoms with Crippen molar-refractivity contribution in [2.75, 3.05) is 20.2 Å². The van der Waals surface area contributed by atoms with Gasteiger partial charge in [-0.3, -0.25) is 4.79 Å². The lowest BCUT2D eigenvalue weighted by Gasteiger charge is -2.20. The number of piperidine rings is 1. The van der Waals surface area contributed by atoms with E-state index in [0.717, 1.165) is 19.5 Å². The SMILES string of the molecule is COC(=O)[C@H]1[C@@H]2CNC[C@@H](C2)[C@H]1N. The summed E-state index contributed by atoms with van der Waals surface area (Å²) in [5.41, 5.74) is 6.00. The maximum absolute atomic E-state index is 11.4. The Labute approximate surface area is 77.8 Å². The van der Waals surface area contributed by atoms with Gasteiger partial charge in [0.05, 0.1) is 13.0 Å². The van der Waals surface area contributed by atoms with Gasteiger partial charge in [-0.25, -0.2) is 0 Å². The summed E-state index contributed by atoms with van der Waals surface area (Å²) in [7, 11) is 1.44. The van der Waals surface area contributed by atoms with Gasteiger partial charge in [-0.15, -0.1) is 0 Å². The van der Waals surface area contributed by atoms with Crippen molar-refractivity contribution in [3.63, 3.8) is 0 Å². The quantitative estimate of drug-likeness (QED) is 0.531. The molecular formula is C9H16N2O2. The minimum absolute atomic E-state index is 0.00699. The monoisotopic (exact) mass is 184 g/mol. The Hall–Kier alpha value is -0.610. The van der Waals surface area contributed by atoms with Gasteiger partial charge in [0.15, 0.2) is 0 Å². The van der Waals surface area contributed by atoms with E-state index in [4.69, 9.17) is 10.5 Å². The van der Waals surface area contributed by atoms with E-state index >= 15 is 0 Å². The molecule has 0 spiro atoms. The lowest BCUT2D eigenvalue weighted by Crippen LogP contribution is -2.38. The molecule has 1 heterocycles. The average Bonchev–Trinajstić information content (AvgIpc) is 2.38. The molecule has 13 heavy (non-hydrogen) atoms. The second-order valence-electron chi connectivity index (χ2n) is 4.04. The Kier molecular flexibility index (Phi) is 2.26. The number of esters is 1. The van der Waals surface area contributed by atoms with Crippen molar-refractivity contribution in [2.45, 2.75) is 12.5 Å². The lowest BCUT2D eigenvalue weighted by atomic mass is 9.94. The third-order valence-electron chi connectivity index (χ3n) is 3.36. The summed E-state index contributed by atoms with van der Waals surface area (Å²) in [6, 6.07) is -0.00699. The third-order valence-corrected chi connectivity index (χ3v) is 3.36. The molecule has 0 aromatic rings.